The molecule has 1 atom stereocenters. The molecular formula is C12H15FOS. The summed E-state index contributed by atoms with van der Waals surface area (Å²) in [5.41, 5.74) is 0. The van der Waals surface area contributed by atoms with Crippen LogP contribution in [0.15, 0.2) is 41.8 Å². The predicted octanol–water partition coefficient (Wildman–Crippen LogP) is 3.24. The zero-order chi connectivity index (χ0) is 11.1. The van der Waals surface area contributed by atoms with Gasteiger partial charge < -0.3 is 5.11 Å². The van der Waals surface area contributed by atoms with Crippen molar-refractivity contribution in [3.8, 4) is 0 Å². The number of aliphatic hydroxyl groups excluding tert-OH is 1. The van der Waals surface area contributed by atoms with E-state index in [-0.39, 0.29) is 11.9 Å². The van der Waals surface area contributed by atoms with E-state index in [9.17, 15) is 9.50 Å². The fourth-order valence-electron chi connectivity index (χ4n) is 1.14. The first kappa shape index (κ1) is 12.3. The minimum Gasteiger partial charge on any atom is -0.392 e. The van der Waals surface area contributed by atoms with Crippen LogP contribution in [0.25, 0.3) is 0 Å². The van der Waals surface area contributed by atoms with E-state index >= 15 is 0 Å². The molecule has 1 rings (SSSR count). The minimum atomic E-state index is -0.351. The highest BCUT2D eigenvalue weighted by molar-refractivity contribution is 7.99. The van der Waals surface area contributed by atoms with Crippen molar-refractivity contribution in [3.05, 3.63) is 42.7 Å². The Balaban J connectivity index is 2.33. The third-order valence-electron chi connectivity index (χ3n) is 1.94. The molecule has 0 saturated carbocycles. The fourth-order valence-corrected chi connectivity index (χ4v) is 2.06. The molecule has 0 aromatic heterocycles. The van der Waals surface area contributed by atoms with Crippen LogP contribution in [0.1, 0.15) is 12.8 Å². The second kappa shape index (κ2) is 6.64. The number of benzene rings is 1. The molecule has 0 amide bonds. The molecule has 0 saturated heterocycles. The summed E-state index contributed by atoms with van der Waals surface area (Å²) >= 11 is 1.47. The molecule has 1 aromatic rings. The summed E-state index contributed by atoms with van der Waals surface area (Å²) in [5, 5.41) is 9.55. The molecule has 1 aromatic carbocycles. The normalized spacial score (nSPS) is 12.4. The maximum atomic E-state index is 12.8. The van der Waals surface area contributed by atoms with Crippen molar-refractivity contribution in [2.24, 2.45) is 0 Å². The van der Waals surface area contributed by atoms with Gasteiger partial charge in [-0.2, -0.15) is 0 Å². The fraction of sp³-hybridized carbons (Fsp3) is 0.333. The van der Waals surface area contributed by atoms with Crippen molar-refractivity contribution in [3.63, 3.8) is 0 Å². The highest BCUT2D eigenvalue weighted by Crippen LogP contribution is 2.20. The standard InChI is InChI=1S/C12H15FOS/c1-2-3-6-11(14)9-15-12-7-4-5-10(13)8-12/h2,4-5,7-8,11,14H,1,3,6,9H2. The van der Waals surface area contributed by atoms with Gasteiger partial charge in [-0.25, -0.2) is 4.39 Å². The number of aliphatic hydroxyl groups is 1. The number of rotatable bonds is 6. The molecule has 0 aliphatic carbocycles. The maximum absolute atomic E-state index is 12.8. The molecule has 82 valence electrons. The van der Waals surface area contributed by atoms with E-state index in [1.54, 1.807) is 12.1 Å². The van der Waals surface area contributed by atoms with E-state index in [0.717, 1.165) is 11.3 Å². The Kier molecular flexibility index (Phi) is 5.43. The van der Waals surface area contributed by atoms with E-state index in [1.807, 2.05) is 6.07 Å². The molecule has 0 spiro atoms. The lowest BCUT2D eigenvalue weighted by atomic mass is 10.2. The van der Waals surface area contributed by atoms with Gasteiger partial charge in [0.25, 0.3) is 0 Å². The molecule has 0 fully saturated rings. The van der Waals surface area contributed by atoms with Gasteiger partial charge in [0.05, 0.1) is 6.10 Å². The van der Waals surface area contributed by atoms with Crippen LogP contribution in [0.2, 0.25) is 0 Å². The molecular weight excluding hydrogens is 211 g/mol. The third-order valence-corrected chi connectivity index (χ3v) is 3.08. The number of hydrogen-bond donors (Lipinski definition) is 1. The Morgan fingerprint density at radius 2 is 2.33 bits per heavy atom. The summed E-state index contributed by atoms with van der Waals surface area (Å²) in [4.78, 5) is 0.854. The smallest absolute Gasteiger partial charge is 0.124 e. The SMILES string of the molecule is C=CCCC(O)CSc1cccc(F)c1. The van der Waals surface area contributed by atoms with Crippen molar-refractivity contribution >= 4 is 11.8 Å². The summed E-state index contributed by atoms with van der Waals surface area (Å²) in [6.07, 6.45) is 2.96. The van der Waals surface area contributed by atoms with Gasteiger partial charge in [-0.3, -0.25) is 0 Å². The van der Waals surface area contributed by atoms with Gasteiger partial charge in [0.15, 0.2) is 0 Å². The first-order valence-corrected chi connectivity index (χ1v) is 5.88. The van der Waals surface area contributed by atoms with Crippen molar-refractivity contribution in [2.75, 3.05) is 5.75 Å². The van der Waals surface area contributed by atoms with Crippen LogP contribution >= 0.6 is 11.8 Å². The largest absolute Gasteiger partial charge is 0.392 e. The van der Waals surface area contributed by atoms with Crippen LogP contribution in [0.4, 0.5) is 4.39 Å². The van der Waals surface area contributed by atoms with E-state index in [0.29, 0.717) is 12.2 Å². The van der Waals surface area contributed by atoms with Gasteiger partial charge in [-0.1, -0.05) is 12.1 Å². The van der Waals surface area contributed by atoms with E-state index in [2.05, 4.69) is 6.58 Å². The Hall–Kier alpha value is -0.800. The quantitative estimate of drug-likeness (QED) is 0.593. The summed E-state index contributed by atoms with van der Waals surface area (Å²) in [5.74, 6) is 0.359. The summed E-state index contributed by atoms with van der Waals surface area (Å²) in [6, 6.07) is 6.41. The van der Waals surface area contributed by atoms with Crippen LogP contribution in [0.3, 0.4) is 0 Å². The van der Waals surface area contributed by atoms with Gasteiger partial charge in [-0.15, -0.1) is 18.3 Å². The average molecular weight is 226 g/mol. The highest BCUT2D eigenvalue weighted by atomic mass is 32.2. The Labute approximate surface area is 94.0 Å². The highest BCUT2D eigenvalue weighted by Gasteiger charge is 2.04. The number of halogens is 1. The second-order valence-corrected chi connectivity index (χ2v) is 4.38. The predicted molar refractivity (Wildman–Crippen MR) is 62.6 cm³/mol. The molecule has 0 aliphatic rings. The topological polar surface area (TPSA) is 20.2 Å². The zero-order valence-corrected chi connectivity index (χ0v) is 9.34. The first-order valence-electron chi connectivity index (χ1n) is 4.89. The number of hydrogen-bond acceptors (Lipinski definition) is 2. The van der Waals surface area contributed by atoms with Crippen LogP contribution in [0, 0.1) is 5.82 Å². The second-order valence-electron chi connectivity index (χ2n) is 3.29. The van der Waals surface area contributed by atoms with Crippen LogP contribution in [-0.4, -0.2) is 17.0 Å². The van der Waals surface area contributed by atoms with Crippen LogP contribution in [0.5, 0.6) is 0 Å². The molecule has 0 aliphatic heterocycles. The van der Waals surface area contributed by atoms with Crippen LogP contribution < -0.4 is 0 Å². The molecule has 0 bridgehead atoms. The number of allylic oxidation sites excluding steroid dienone is 1. The monoisotopic (exact) mass is 226 g/mol. The molecule has 1 nitrogen and oxygen atoms in total. The van der Waals surface area contributed by atoms with Crippen molar-refractivity contribution in [1.82, 2.24) is 0 Å². The maximum Gasteiger partial charge on any atom is 0.124 e. The Morgan fingerprint density at radius 3 is 3.00 bits per heavy atom. The summed E-state index contributed by atoms with van der Waals surface area (Å²) < 4.78 is 12.8. The lowest BCUT2D eigenvalue weighted by molar-refractivity contribution is 0.190. The molecule has 3 heteroatoms. The Morgan fingerprint density at radius 1 is 1.53 bits per heavy atom. The first-order chi connectivity index (χ1) is 7.22. The third kappa shape index (κ3) is 5.00. The molecule has 0 radical (unpaired) electrons. The molecule has 15 heavy (non-hydrogen) atoms. The van der Waals surface area contributed by atoms with Crippen molar-refractivity contribution in [1.29, 1.82) is 0 Å². The van der Waals surface area contributed by atoms with Gasteiger partial charge in [0.2, 0.25) is 0 Å². The zero-order valence-electron chi connectivity index (χ0n) is 8.53. The molecule has 1 N–H and O–H groups in total. The Bertz CT molecular complexity index is 314. The van der Waals surface area contributed by atoms with Gasteiger partial charge >= 0.3 is 0 Å². The minimum absolute atomic E-state index is 0.236. The van der Waals surface area contributed by atoms with Gasteiger partial charge in [-0.05, 0) is 31.0 Å². The summed E-state index contributed by atoms with van der Waals surface area (Å²) in [6.45, 7) is 3.60. The lowest BCUT2D eigenvalue weighted by Gasteiger charge is -2.08. The molecule has 0 heterocycles. The van der Waals surface area contributed by atoms with E-state index in [1.165, 1.54) is 23.9 Å². The van der Waals surface area contributed by atoms with Gasteiger partial charge in [0.1, 0.15) is 5.82 Å². The van der Waals surface area contributed by atoms with Crippen molar-refractivity contribution < 1.29 is 9.50 Å². The summed E-state index contributed by atoms with van der Waals surface area (Å²) in [7, 11) is 0. The van der Waals surface area contributed by atoms with E-state index < -0.39 is 0 Å². The van der Waals surface area contributed by atoms with Crippen molar-refractivity contribution in [2.45, 2.75) is 23.8 Å². The van der Waals surface area contributed by atoms with E-state index in [4.69, 9.17) is 0 Å². The lowest BCUT2D eigenvalue weighted by Crippen LogP contribution is -2.08. The van der Waals surface area contributed by atoms with Gasteiger partial charge in [0, 0.05) is 10.6 Å². The van der Waals surface area contributed by atoms with Crippen LogP contribution in [-0.2, 0) is 0 Å². The molecule has 1 unspecified atom stereocenters. The average Bonchev–Trinajstić information content (AvgIpc) is 2.23. The number of thioether (sulfide) groups is 1.